The SMILES string of the molecule is CN(P(F)(F)=S)P(F)(F)=NP(F)(=S)Cl. The van der Waals surface area contributed by atoms with Crippen LogP contribution < -0.4 is 0 Å². The maximum Gasteiger partial charge on any atom is 0.382 e. The molecular formula is CH3ClF5N2P3S2. The lowest BCUT2D eigenvalue weighted by Crippen LogP contribution is -2.00. The van der Waals surface area contributed by atoms with E-state index in [0.717, 1.165) is 0 Å². The number of nitrogens with zero attached hydrogens (tertiary/aromatic N) is 2. The van der Waals surface area contributed by atoms with E-state index in [1.54, 1.807) is 0 Å². The van der Waals surface area contributed by atoms with Crippen LogP contribution in [0.1, 0.15) is 0 Å². The van der Waals surface area contributed by atoms with Gasteiger partial charge in [-0.25, -0.2) is 0 Å². The van der Waals surface area contributed by atoms with Crippen molar-refractivity contribution < 1.29 is 21.0 Å². The molecule has 0 aromatic rings. The average Bonchev–Trinajstić information content (AvgIpc) is 1.78. The molecule has 0 saturated carbocycles. The molecule has 0 bridgehead atoms. The van der Waals surface area contributed by atoms with Crippen LogP contribution in [0.25, 0.3) is 0 Å². The second-order valence-corrected chi connectivity index (χ2v) is 11.5. The average molecular weight is 331 g/mol. The zero-order valence-electron chi connectivity index (χ0n) is 6.32. The first kappa shape index (κ1) is 15.4. The monoisotopic (exact) mass is 330 g/mol. The van der Waals surface area contributed by atoms with Crippen molar-refractivity contribution in [2.24, 2.45) is 4.52 Å². The molecule has 0 spiro atoms. The van der Waals surface area contributed by atoms with Gasteiger partial charge in [0.05, 0.1) is 0 Å². The van der Waals surface area contributed by atoms with Gasteiger partial charge in [-0.1, -0.05) is 0 Å². The standard InChI is InChI=1S/CH3ClF5N2P3S2/c1-9(12(6,7)14)11(4,5)8-10(2,3)13/h1H3. The first-order chi connectivity index (χ1) is 5.86. The molecule has 86 valence electrons. The van der Waals surface area contributed by atoms with E-state index in [4.69, 9.17) is 0 Å². The van der Waals surface area contributed by atoms with Crippen molar-refractivity contribution in [1.82, 2.24) is 4.44 Å². The summed E-state index contributed by atoms with van der Waals surface area (Å²) in [6, 6.07) is 0. The molecule has 0 heterocycles. The van der Waals surface area contributed by atoms with Crippen LogP contribution in [0.4, 0.5) is 21.0 Å². The molecule has 14 heavy (non-hydrogen) atoms. The van der Waals surface area contributed by atoms with E-state index in [9.17, 15) is 21.0 Å². The van der Waals surface area contributed by atoms with Crippen LogP contribution in [0.2, 0.25) is 0 Å². The summed E-state index contributed by atoms with van der Waals surface area (Å²) in [4.78, 5) is 0. The second-order valence-electron chi connectivity index (χ2n) is 1.90. The highest BCUT2D eigenvalue weighted by atomic mass is 35.7. The molecule has 1 unspecified atom stereocenters. The van der Waals surface area contributed by atoms with E-state index >= 15 is 0 Å². The highest BCUT2D eigenvalue weighted by molar-refractivity contribution is 8.24. The van der Waals surface area contributed by atoms with Crippen LogP contribution in [0.5, 0.6) is 0 Å². The highest BCUT2D eigenvalue weighted by Gasteiger charge is 2.38. The Morgan fingerprint density at radius 1 is 1.14 bits per heavy atom. The third-order valence-corrected chi connectivity index (χ3v) is 7.64. The summed E-state index contributed by atoms with van der Waals surface area (Å²) in [7, 11) is -5.31. The Kier molecular flexibility index (Phi) is 5.23. The van der Waals surface area contributed by atoms with Gasteiger partial charge in [0.15, 0.2) is 0 Å². The van der Waals surface area contributed by atoms with E-state index in [2.05, 4.69) is 39.4 Å². The number of halogens is 6. The summed E-state index contributed by atoms with van der Waals surface area (Å²) in [5.41, 5.74) is 0. The van der Waals surface area contributed by atoms with Crippen molar-refractivity contribution in [3.63, 3.8) is 0 Å². The third kappa shape index (κ3) is 5.50. The Hall–Kier alpha value is 1.43. The van der Waals surface area contributed by atoms with Crippen molar-refractivity contribution in [1.29, 1.82) is 0 Å². The molecule has 0 amide bonds. The van der Waals surface area contributed by atoms with Crippen molar-refractivity contribution in [3.8, 4) is 0 Å². The molecule has 0 aromatic carbocycles. The molecule has 0 N–H and O–H groups in total. The zero-order chi connectivity index (χ0) is 11.8. The quantitative estimate of drug-likeness (QED) is 0.509. The van der Waals surface area contributed by atoms with E-state index in [1.165, 1.54) is 0 Å². The minimum Gasteiger partial charge on any atom is -0.174 e. The summed E-state index contributed by atoms with van der Waals surface area (Å²) in [6.45, 7) is -5.35. The van der Waals surface area contributed by atoms with Gasteiger partial charge in [0.2, 0.25) is 0 Å². The van der Waals surface area contributed by atoms with Gasteiger partial charge in [0, 0.05) is 7.05 Å². The van der Waals surface area contributed by atoms with E-state index in [0.29, 0.717) is 7.05 Å². The van der Waals surface area contributed by atoms with Gasteiger partial charge in [0.25, 0.3) is 0 Å². The van der Waals surface area contributed by atoms with Gasteiger partial charge in [-0.3, -0.25) is 0 Å². The Morgan fingerprint density at radius 3 is 1.71 bits per heavy atom. The zero-order valence-corrected chi connectivity index (χ0v) is 11.4. The molecule has 0 aliphatic carbocycles. The van der Waals surface area contributed by atoms with Gasteiger partial charge in [-0.2, -0.15) is 25.5 Å². The molecule has 1 atom stereocenters. The van der Waals surface area contributed by atoms with Crippen LogP contribution in [-0.2, 0) is 23.6 Å². The first-order valence-corrected chi connectivity index (χ1v) is 10.2. The minimum absolute atomic E-state index is 0.375. The van der Waals surface area contributed by atoms with Gasteiger partial charge in [0.1, 0.15) is 0 Å². The number of rotatable bonds is 3. The van der Waals surface area contributed by atoms with Crippen molar-refractivity contribution in [3.05, 3.63) is 0 Å². The summed E-state index contributed by atoms with van der Waals surface area (Å²) in [6.07, 6.45) is 0. The first-order valence-electron chi connectivity index (χ1n) is 2.63. The van der Waals surface area contributed by atoms with Gasteiger partial charge < -0.3 is 0 Å². The molecule has 0 radical (unpaired) electrons. The van der Waals surface area contributed by atoms with E-state index in [1.807, 2.05) is 0 Å². The second kappa shape index (κ2) is 4.74. The Bertz CT molecular complexity index is 354. The highest BCUT2D eigenvalue weighted by Crippen LogP contribution is 2.76. The van der Waals surface area contributed by atoms with Crippen LogP contribution in [-0.4, -0.2) is 11.5 Å². The fourth-order valence-electron chi connectivity index (χ4n) is 0.308. The molecule has 0 aliphatic heterocycles. The lowest BCUT2D eigenvalue weighted by Gasteiger charge is -2.19. The van der Waals surface area contributed by atoms with Gasteiger partial charge in [-0.05, 0) is 34.9 Å². The predicted octanol–water partition coefficient (Wildman–Crippen LogP) is 5.40. The molecular weight excluding hydrogens is 328 g/mol. The Morgan fingerprint density at radius 2 is 1.50 bits per heavy atom. The van der Waals surface area contributed by atoms with Crippen LogP contribution in [0.3, 0.4) is 0 Å². The fraction of sp³-hybridized carbons (Fsp3) is 1.00. The molecule has 0 fully saturated rings. The van der Waals surface area contributed by atoms with Crippen LogP contribution in [0, 0.1) is 0 Å². The lowest BCUT2D eigenvalue weighted by molar-refractivity contribution is 0.570. The third-order valence-electron chi connectivity index (χ3n) is 0.897. The lowest BCUT2D eigenvalue weighted by atomic mass is 11.6. The van der Waals surface area contributed by atoms with Crippen molar-refractivity contribution in [2.75, 3.05) is 7.05 Å². The Balaban J connectivity index is 5.29. The topological polar surface area (TPSA) is 15.6 Å². The van der Waals surface area contributed by atoms with Crippen molar-refractivity contribution >= 4 is 55.3 Å². The van der Waals surface area contributed by atoms with Gasteiger partial charge >= 0.3 is 20.5 Å². The molecule has 2 nitrogen and oxygen atoms in total. The minimum atomic E-state index is -5.68. The maximum atomic E-state index is 12.8. The van der Waals surface area contributed by atoms with Gasteiger partial charge in [-0.15, -0.1) is 4.44 Å². The number of hydrogen-bond donors (Lipinski definition) is 0. The molecule has 13 heteroatoms. The van der Waals surface area contributed by atoms with Crippen molar-refractivity contribution in [2.45, 2.75) is 0 Å². The molecule has 0 rings (SSSR count). The van der Waals surface area contributed by atoms with E-state index in [-0.39, 0.29) is 0 Å². The summed E-state index contributed by atoms with van der Waals surface area (Å²) < 4.78 is 64.1. The van der Waals surface area contributed by atoms with E-state index < -0.39 is 24.9 Å². The number of hydrogen-bond acceptors (Lipinski definition) is 2. The largest absolute Gasteiger partial charge is 0.382 e. The summed E-state index contributed by atoms with van der Waals surface area (Å²) >= 11 is 12.0. The molecule has 0 aromatic heterocycles. The van der Waals surface area contributed by atoms with Crippen LogP contribution in [0.15, 0.2) is 4.52 Å². The fourth-order valence-corrected chi connectivity index (χ4v) is 5.41. The normalized spacial score (nSPS) is 18.0. The molecule has 0 aliphatic rings. The summed E-state index contributed by atoms with van der Waals surface area (Å²) in [5, 5.41) is 0. The summed E-state index contributed by atoms with van der Waals surface area (Å²) in [5.74, 6) is -4.58. The van der Waals surface area contributed by atoms with Crippen LogP contribution >= 0.6 is 31.7 Å². The Labute approximate surface area is 92.4 Å². The smallest absolute Gasteiger partial charge is 0.174 e. The molecule has 0 saturated heterocycles. The predicted molar refractivity (Wildman–Crippen MR) is 57.1 cm³/mol. The maximum absolute atomic E-state index is 12.8.